The van der Waals surface area contributed by atoms with E-state index in [1.54, 1.807) is 22.2 Å². The number of fused-ring (bicyclic) bond motifs is 1. The first kappa shape index (κ1) is 22.3. The number of benzene rings is 1. The molecule has 0 bridgehead atoms. The molecule has 0 spiro atoms. The highest BCUT2D eigenvalue weighted by Crippen LogP contribution is 2.37. The number of nitrogens with zero attached hydrogens (tertiary/aromatic N) is 5. The zero-order valence-electron chi connectivity index (χ0n) is 19.5. The van der Waals surface area contributed by atoms with Crippen LogP contribution >= 0.6 is 23.1 Å². The van der Waals surface area contributed by atoms with E-state index < -0.39 is 0 Å². The first-order chi connectivity index (χ1) is 15.8. The first-order valence-corrected chi connectivity index (χ1v) is 13.3. The molecule has 33 heavy (non-hydrogen) atoms. The van der Waals surface area contributed by atoms with Crippen LogP contribution in [0.25, 0.3) is 16.3 Å². The number of rotatable bonds is 5. The van der Waals surface area contributed by atoms with Gasteiger partial charge in [-0.2, -0.15) is 0 Å². The Bertz CT molecular complexity index is 1340. The van der Waals surface area contributed by atoms with Gasteiger partial charge in [-0.1, -0.05) is 69.6 Å². The van der Waals surface area contributed by atoms with E-state index in [4.69, 9.17) is 4.98 Å². The van der Waals surface area contributed by atoms with E-state index in [-0.39, 0.29) is 11.0 Å². The highest BCUT2D eigenvalue weighted by atomic mass is 32.2. The van der Waals surface area contributed by atoms with Crippen LogP contribution in [-0.2, 0) is 11.2 Å². The summed E-state index contributed by atoms with van der Waals surface area (Å²) in [5, 5.41) is 12.1. The van der Waals surface area contributed by atoms with Crippen molar-refractivity contribution >= 4 is 28.1 Å². The van der Waals surface area contributed by atoms with Crippen LogP contribution in [0.5, 0.6) is 0 Å². The largest absolute Gasteiger partial charge is 0.299 e. The average molecular weight is 480 g/mol. The van der Waals surface area contributed by atoms with Gasteiger partial charge in [-0.15, -0.1) is 21.5 Å². The van der Waals surface area contributed by atoms with Gasteiger partial charge in [0.05, 0.1) is 5.69 Å². The lowest BCUT2D eigenvalue weighted by Crippen LogP contribution is -2.15. The average Bonchev–Trinajstić information content (AvgIpc) is 3.51. The minimum absolute atomic E-state index is 0.0220. The number of hydrogen-bond donors (Lipinski definition) is 0. The molecule has 0 atom stereocenters. The second-order valence-corrected chi connectivity index (χ2v) is 11.6. The maximum atomic E-state index is 12.5. The van der Waals surface area contributed by atoms with E-state index in [0.29, 0.717) is 11.8 Å². The molecule has 4 aromatic rings. The Morgan fingerprint density at radius 2 is 1.85 bits per heavy atom. The van der Waals surface area contributed by atoms with Crippen LogP contribution in [0.2, 0.25) is 0 Å². The van der Waals surface area contributed by atoms with Crippen molar-refractivity contribution in [2.24, 2.45) is 0 Å². The number of hydrogen-bond acceptors (Lipinski definition) is 6. The molecule has 0 N–H and O–H groups in total. The lowest BCUT2D eigenvalue weighted by Gasteiger charge is -2.20. The fourth-order valence-electron chi connectivity index (χ4n) is 4.50. The predicted molar refractivity (Wildman–Crippen MR) is 135 cm³/mol. The molecular formula is C25H29N5OS2. The Morgan fingerprint density at radius 1 is 1.12 bits per heavy atom. The van der Waals surface area contributed by atoms with Gasteiger partial charge in [0.1, 0.15) is 0 Å². The Kier molecular flexibility index (Phi) is 5.91. The molecule has 0 radical (unpaired) electrons. The first-order valence-electron chi connectivity index (χ1n) is 11.5. The molecule has 1 aliphatic carbocycles. The Hall–Kier alpha value is -2.45. The zero-order chi connectivity index (χ0) is 23.2. The fourth-order valence-corrected chi connectivity index (χ4v) is 6.29. The van der Waals surface area contributed by atoms with Crippen molar-refractivity contribution < 1.29 is 0 Å². The van der Waals surface area contributed by atoms with Crippen LogP contribution in [0.15, 0.2) is 45.7 Å². The van der Waals surface area contributed by atoms with Crippen molar-refractivity contribution in [3.8, 4) is 11.4 Å². The molecule has 3 aromatic heterocycles. The Balaban J connectivity index is 1.46. The molecule has 6 nitrogen and oxygen atoms in total. The van der Waals surface area contributed by atoms with Gasteiger partial charge in [0.2, 0.25) is 0 Å². The lowest BCUT2D eigenvalue weighted by atomic mass is 9.86. The second-order valence-electron chi connectivity index (χ2n) is 9.81. The van der Waals surface area contributed by atoms with Crippen molar-refractivity contribution in [2.75, 3.05) is 0 Å². The summed E-state index contributed by atoms with van der Waals surface area (Å²) in [6.07, 6.45) is 4.78. The monoisotopic (exact) mass is 479 g/mol. The van der Waals surface area contributed by atoms with Crippen LogP contribution in [0.1, 0.15) is 69.4 Å². The summed E-state index contributed by atoms with van der Waals surface area (Å²) in [5.74, 6) is 1.53. The number of thioether (sulfide) groups is 1. The highest BCUT2D eigenvalue weighted by molar-refractivity contribution is 7.98. The standard InChI is InChI=1S/C25H29N5OS2/c1-16-14-32-23-26-19(13-21(31)29(16)23)15-33-24-28-27-22(30(24)20-7-5-6-8-20)17-9-11-18(12-10-17)25(2,3)4/h9-14,20H,5-8,15H2,1-4H3. The van der Waals surface area contributed by atoms with E-state index >= 15 is 0 Å². The van der Waals surface area contributed by atoms with Gasteiger partial charge in [0.15, 0.2) is 15.9 Å². The molecule has 0 amide bonds. The maximum absolute atomic E-state index is 12.5. The summed E-state index contributed by atoms with van der Waals surface area (Å²) in [6.45, 7) is 8.62. The highest BCUT2D eigenvalue weighted by Gasteiger charge is 2.25. The molecule has 0 saturated heterocycles. The van der Waals surface area contributed by atoms with Gasteiger partial charge < -0.3 is 0 Å². The Labute approximate surface area is 202 Å². The van der Waals surface area contributed by atoms with Crippen LogP contribution in [-0.4, -0.2) is 24.1 Å². The van der Waals surface area contributed by atoms with E-state index in [2.05, 4.69) is 59.8 Å². The lowest BCUT2D eigenvalue weighted by molar-refractivity contribution is 0.485. The summed E-state index contributed by atoms with van der Waals surface area (Å²) >= 11 is 3.12. The molecule has 0 unspecified atom stereocenters. The van der Waals surface area contributed by atoms with Gasteiger partial charge in [-0.25, -0.2) is 4.98 Å². The Morgan fingerprint density at radius 3 is 2.55 bits per heavy atom. The molecule has 1 saturated carbocycles. The van der Waals surface area contributed by atoms with E-state index in [9.17, 15) is 4.79 Å². The van der Waals surface area contributed by atoms with Crippen LogP contribution < -0.4 is 5.56 Å². The van der Waals surface area contributed by atoms with Gasteiger partial charge in [-0.3, -0.25) is 13.8 Å². The third-order valence-electron chi connectivity index (χ3n) is 6.34. The maximum Gasteiger partial charge on any atom is 0.258 e. The van der Waals surface area contributed by atoms with E-state index in [1.807, 2.05) is 12.3 Å². The summed E-state index contributed by atoms with van der Waals surface area (Å²) < 4.78 is 3.99. The quantitative estimate of drug-likeness (QED) is 0.327. The SMILES string of the molecule is Cc1csc2nc(CSc3nnc(-c4ccc(C(C)(C)C)cc4)n3C3CCCC3)cc(=O)n12. The van der Waals surface area contributed by atoms with Crippen molar-refractivity contribution in [1.29, 1.82) is 0 Å². The number of aromatic nitrogens is 5. The van der Waals surface area contributed by atoms with Gasteiger partial charge in [0.25, 0.3) is 5.56 Å². The molecule has 8 heteroatoms. The van der Waals surface area contributed by atoms with Crippen LogP contribution in [0.3, 0.4) is 0 Å². The summed E-state index contributed by atoms with van der Waals surface area (Å²) in [4.78, 5) is 18.0. The molecule has 3 heterocycles. The predicted octanol–water partition coefficient (Wildman–Crippen LogP) is 6.03. The summed E-state index contributed by atoms with van der Waals surface area (Å²) in [7, 11) is 0. The molecule has 1 aromatic carbocycles. The van der Waals surface area contributed by atoms with Crippen LogP contribution in [0.4, 0.5) is 0 Å². The molecule has 5 rings (SSSR count). The minimum Gasteiger partial charge on any atom is -0.299 e. The van der Waals surface area contributed by atoms with Gasteiger partial charge in [-0.05, 0) is 30.7 Å². The third kappa shape index (κ3) is 4.38. The minimum atomic E-state index is -0.0220. The number of thiazole rings is 1. The third-order valence-corrected chi connectivity index (χ3v) is 8.26. The molecular weight excluding hydrogens is 450 g/mol. The molecule has 0 aliphatic heterocycles. The van der Waals surface area contributed by atoms with E-state index in [1.165, 1.54) is 29.7 Å². The topological polar surface area (TPSA) is 65.1 Å². The van der Waals surface area contributed by atoms with Crippen molar-refractivity contribution in [3.63, 3.8) is 0 Å². The van der Waals surface area contributed by atoms with E-state index in [0.717, 1.165) is 45.7 Å². The van der Waals surface area contributed by atoms with Gasteiger partial charge in [0, 0.05) is 34.5 Å². The van der Waals surface area contributed by atoms with Gasteiger partial charge >= 0.3 is 0 Å². The molecule has 1 aliphatic rings. The normalized spacial score (nSPS) is 15.0. The molecule has 172 valence electrons. The zero-order valence-corrected chi connectivity index (χ0v) is 21.2. The van der Waals surface area contributed by atoms with Crippen molar-refractivity contribution in [1.82, 2.24) is 24.1 Å². The molecule has 1 fully saturated rings. The van der Waals surface area contributed by atoms with Crippen LogP contribution in [0, 0.1) is 6.92 Å². The smallest absolute Gasteiger partial charge is 0.258 e. The fraction of sp³-hybridized carbons (Fsp3) is 0.440. The number of aryl methyl sites for hydroxylation is 1. The van der Waals surface area contributed by atoms with Crippen molar-refractivity contribution in [3.05, 3.63) is 63.0 Å². The second kappa shape index (κ2) is 8.72. The summed E-state index contributed by atoms with van der Waals surface area (Å²) in [5.41, 5.74) is 4.21. The van der Waals surface area contributed by atoms with Crippen molar-refractivity contribution in [2.45, 2.75) is 75.7 Å². The summed E-state index contributed by atoms with van der Waals surface area (Å²) in [6, 6.07) is 10.8.